The summed E-state index contributed by atoms with van der Waals surface area (Å²) in [6.07, 6.45) is 3.64. The van der Waals surface area contributed by atoms with E-state index in [1.807, 2.05) is 19.9 Å². The molecule has 2 N–H and O–H groups in total. The molecule has 5 heteroatoms. The molecule has 1 heterocycles. The smallest absolute Gasteiger partial charge is 0.222 e. The van der Waals surface area contributed by atoms with Gasteiger partial charge in [0.2, 0.25) is 5.91 Å². The number of rotatable bonds is 4. The molecule has 1 saturated carbocycles. The Bertz CT molecular complexity index is 689. The SMILES string of the molecule is COc1ccc(O)c([C@H]2C[C@](C)(NC(=O)C(C)C)[C@@H]3CC[C@@H](C)C[C@H]3O2)c1. The van der Waals surface area contributed by atoms with Crippen LogP contribution in [-0.4, -0.2) is 29.8 Å². The molecule has 2 aliphatic rings. The van der Waals surface area contributed by atoms with Crippen LogP contribution in [0.3, 0.4) is 0 Å². The number of carbonyl (C=O) groups excluding carboxylic acids is 1. The number of amides is 1. The summed E-state index contributed by atoms with van der Waals surface area (Å²) in [5, 5.41) is 13.8. The van der Waals surface area contributed by atoms with Gasteiger partial charge in [-0.15, -0.1) is 0 Å². The summed E-state index contributed by atoms with van der Waals surface area (Å²) in [5.74, 6) is 1.81. The highest BCUT2D eigenvalue weighted by Gasteiger charge is 2.50. The highest BCUT2D eigenvalue weighted by Crippen LogP contribution is 2.49. The van der Waals surface area contributed by atoms with Crippen molar-refractivity contribution in [3.63, 3.8) is 0 Å². The zero-order valence-electron chi connectivity index (χ0n) is 17.1. The van der Waals surface area contributed by atoms with Gasteiger partial charge in [0.25, 0.3) is 0 Å². The number of hydrogen-bond donors (Lipinski definition) is 2. The zero-order valence-corrected chi connectivity index (χ0v) is 17.1. The third-order valence-electron chi connectivity index (χ3n) is 6.34. The Hall–Kier alpha value is -1.75. The van der Waals surface area contributed by atoms with Gasteiger partial charge >= 0.3 is 0 Å². The molecule has 0 unspecified atom stereocenters. The molecule has 2 fully saturated rings. The Morgan fingerprint density at radius 1 is 1.37 bits per heavy atom. The largest absolute Gasteiger partial charge is 0.508 e. The van der Waals surface area contributed by atoms with Crippen LogP contribution >= 0.6 is 0 Å². The second-order valence-electron chi connectivity index (χ2n) is 8.88. The highest BCUT2D eigenvalue weighted by atomic mass is 16.5. The summed E-state index contributed by atoms with van der Waals surface area (Å²) < 4.78 is 11.8. The van der Waals surface area contributed by atoms with Crippen LogP contribution in [0.2, 0.25) is 0 Å². The average molecular weight is 376 g/mol. The van der Waals surface area contributed by atoms with E-state index in [0.29, 0.717) is 24.0 Å². The molecule has 3 rings (SSSR count). The maximum absolute atomic E-state index is 12.5. The van der Waals surface area contributed by atoms with Crippen LogP contribution in [0.1, 0.15) is 65.0 Å². The van der Waals surface area contributed by atoms with Gasteiger partial charge in [-0.25, -0.2) is 0 Å². The number of benzene rings is 1. The number of nitrogens with one attached hydrogen (secondary N) is 1. The number of ether oxygens (including phenoxy) is 2. The predicted molar refractivity (Wildman–Crippen MR) is 105 cm³/mol. The molecular formula is C22H33NO4. The third-order valence-corrected chi connectivity index (χ3v) is 6.34. The molecule has 0 bridgehead atoms. The van der Waals surface area contributed by atoms with Gasteiger partial charge < -0.3 is 19.9 Å². The maximum atomic E-state index is 12.5. The fourth-order valence-corrected chi connectivity index (χ4v) is 4.67. The normalized spacial score (nSPS) is 33.4. The molecule has 1 aliphatic carbocycles. The Balaban J connectivity index is 1.94. The van der Waals surface area contributed by atoms with Crippen LogP contribution in [0.15, 0.2) is 18.2 Å². The number of fused-ring (bicyclic) bond motifs is 1. The number of hydrogen-bond acceptors (Lipinski definition) is 4. The number of carbonyl (C=O) groups is 1. The Morgan fingerprint density at radius 2 is 2.11 bits per heavy atom. The van der Waals surface area contributed by atoms with E-state index >= 15 is 0 Å². The third kappa shape index (κ3) is 4.08. The summed E-state index contributed by atoms with van der Waals surface area (Å²) in [5.41, 5.74) is 0.376. The molecule has 1 aromatic carbocycles. The average Bonchev–Trinajstić information content (AvgIpc) is 2.61. The van der Waals surface area contributed by atoms with Crippen molar-refractivity contribution < 1.29 is 19.4 Å². The molecule has 0 aromatic heterocycles. The summed E-state index contributed by atoms with van der Waals surface area (Å²) >= 11 is 0. The Labute approximate surface area is 162 Å². The molecule has 1 saturated heterocycles. The predicted octanol–water partition coefficient (Wildman–Crippen LogP) is 4.20. The van der Waals surface area contributed by atoms with E-state index in [2.05, 4.69) is 19.2 Å². The Morgan fingerprint density at radius 3 is 2.78 bits per heavy atom. The second kappa shape index (κ2) is 7.70. The summed E-state index contributed by atoms with van der Waals surface area (Å²) in [4.78, 5) is 12.5. The van der Waals surface area contributed by atoms with Crippen molar-refractivity contribution in [3.8, 4) is 11.5 Å². The maximum Gasteiger partial charge on any atom is 0.222 e. The van der Waals surface area contributed by atoms with Gasteiger partial charge in [0.05, 0.1) is 19.3 Å². The van der Waals surface area contributed by atoms with E-state index in [-0.39, 0.29) is 35.3 Å². The van der Waals surface area contributed by atoms with Gasteiger partial charge in [0.15, 0.2) is 0 Å². The fraction of sp³-hybridized carbons (Fsp3) is 0.682. The molecule has 1 aromatic rings. The van der Waals surface area contributed by atoms with E-state index in [0.717, 1.165) is 24.8 Å². The van der Waals surface area contributed by atoms with Crippen LogP contribution in [0.4, 0.5) is 0 Å². The van der Waals surface area contributed by atoms with Crippen LogP contribution in [0.5, 0.6) is 11.5 Å². The van der Waals surface area contributed by atoms with Crippen molar-refractivity contribution >= 4 is 5.91 Å². The first-order valence-corrected chi connectivity index (χ1v) is 10.1. The lowest BCUT2D eigenvalue weighted by atomic mass is 9.66. The first kappa shape index (κ1) is 20.0. The lowest BCUT2D eigenvalue weighted by Crippen LogP contribution is -2.61. The lowest BCUT2D eigenvalue weighted by Gasteiger charge is -2.52. The molecule has 5 atom stereocenters. The van der Waals surface area contributed by atoms with Crippen molar-refractivity contribution in [3.05, 3.63) is 23.8 Å². The number of phenols is 1. The van der Waals surface area contributed by atoms with Crippen molar-refractivity contribution in [2.75, 3.05) is 7.11 Å². The van der Waals surface area contributed by atoms with Crippen molar-refractivity contribution in [2.24, 2.45) is 17.8 Å². The van der Waals surface area contributed by atoms with Crippen molar-refractivity contribution in [1.29, 1.82) is 0 Å². The highest BCUT2D eigenvalue weighted by molar-refractivity contribution is 5.78. The molecule has 150 valence electrons. The van der Waals surface area contributed by atoms with Crippen LogP contribution in [-0.2, 0) is 9.53 Å². The van der Waals surface area contributed by atoms with Crippen molar-refractivity contribution in [1.82, 2.24) is 5.32 Å². The number of aromatic hydroxyl groups is 1. The minimum atomic E-state index is -0.357. The summed E-state index contributed by atoms with van der Waals surface area (Å²) in [7, 11) is 1.61. The van der Waals surface area contributed by atoms with Gasteiger partial charge in [-0.05, 0) is 43.9 Å². The van der Waals surface area contributed by atoms with E-state index in [1.54, 1.807) is 19.2 Å². The lowest BCUT2D eigenvalue weighted by molar-refractivity contribution is -0.155. The van der Waals surface area contributed by atoms with Crippen LogP contribution in [0.25, 0.3) is 0 Å². The van der Waals surface area contributed by atoms with Gasteiger partial charge in [0.1, 0.15) is 11.5 Å². The molecular weight excluding hydrogens is 342 g/mol. The zero-order chi connectivity index (χ0) is 19.8. The van der Waals surface area contributed by atoms with Gasteiger partial charge in [0, 0.05) is 29.4 Å². The first-order valence-electron chi connectivity index (χ1n) is 10.1. The minimum Gasteiger partial charge on any atom is -0.508 e. The standard InChI is InChI=1S/C22H33NO4/c1-13(2)21(25)23-22(4)12-20(16-11-15(26-5)7-9-18(16)24)27-19-10-14(3)6-8-17(19)22/h7,9,11,13-14,17,19-20,24H,6,8,10,12H2,1-5H3,(H,23,25)/t14-,17-,19-,20-,22+/m1/s1. The molecule has 27 heavy (non-hydrogen) atoms. The fourth-order valence-electron chi connectivity index (χ4n) is 4.67. The molecule has 5 nitrogen and oxygen atoms in total. The van der Waals surface area contributed by atoms with E-state index in [1.165, 1.54) is 0 Å². The molecule has 1 aliphatic heterocycles. The summed E-state index contributed by atoms with van der Waals surface area (Å²) in [6, 6.07) is 5.24. The van der Waals surface area contributed by atoms with Gasteiger partial charge in [-0.3, -0.25) is 4.79 Å². The topological polar surface area (TPSA) is 67.8 Å². The minimum absolute atomic E-state index is 0.0608. The molecule has 0 radical (unpaired) electrons. The molecule has 0 spiro atoms. The quantitative estimate of drug-likeness (QED) is 0.828. The second-order valence-corrected chi connectivity index (χ2v) is 8.88. The summed E-state index contributed by atoms with van der Waals surface area (Å²) in [6.45, 7) is 8.25. The molecule has 1 amide bonds. The van der Waals surface area contributed by atoms with Gasteiger partial charge in [-0.1, -0.05) is 27.2 Å². The van der Waals surface area contributed by atoms with Crippen LogP contribution < -0.4 is 10.1 Å². The van der Waals surface area contributed by atoms with Crippen molar-refractivity contribution in [2.45, 2.75) is 71.1 Å². The monoisotopic (exact) mass is 375 g/mol. The van der Waals surface area contributed by atoms with Gasteiger partial charge in [-0.2, -0.15) is 0 Å². The Kier molecular flexibility index (Phi) is 5.71. The van der Waals surface area contributed by atoms with E-state index in [4.69, 9.17) is 9.47 Å². The number of methoxy groups -OCH3 is 1. The first-order chi connectivity index (χ1) is 12.7. The van der Waals surface area contributed by atoms with E-state index < -0.39 is 0 Å². The van der Waals surface area contributed by atoms with E-state index in [9.17, 15) is 9.90 Å². The number of phenolic OH excluding ortho intramolecular Hbond substituents is 1. The van der Waals surface area contributed by atoms with Crippen LogP contribution in [0, 0.1) is 17.8 Å².